The minimum Gasteiger partial charge on any atom is -0.395 e. The second-order valence-corrected chi connectivity index (χ2v) is 4.05. The Bertz CT molecular complexity index is 380. The summed E-state index contributed by atoms with van der Waals surface area (Å²) in [4.78, 5) is 2.18. The standard InChI is InChI=1S/C14H20N2O/c1-3-13(4-2)16(8-9-17)14-7-5-6-12(10-14)11-15/h5-7,10,13,17H,3-4,8-9H2,1-2H3. The van der Waals surface area contributed by atoms with Crippen LogP contribution in [0.15, 0.2) is 24.3 Å². The van der Waals surface area contributed by atoms with Gasteiger partial charge in [-0.2, -0.15) is 5.26 Å². The van der Waals surface area contributed by atoms with E-state index in [9.17, 15) is 0 Å². The van der Waals surface area contributed by atoms with Gasteiger partial charge in [0.15, 0.2) is 0 Å². The van der Waals surface area contributed by atoms with Crippen LogP contribution in [0.25, 0.3) is 0 Å². The molecule has 0 aliphatic carbocycles. The number of aliphatic hydroxyl groups is 1. The molecule has 92 valence electrons. The van der Waals surface area contributed by atoms with Gasteiger partial charge in [0.05, 0.1) is 18.2 Å². The van der Waals surface area contributed by atoms with Crippen molar-refractivity contribution in [1.82, 2.24) is 0 Å². The summed E-state index contributed by atoms with van der Waals surface area (Å²) < 4.78 is 0. The lowest BCUT2D eigenvalue weighted by molar-refractivity contribution is 0.296. The molecule has 1 aromatic carbocycles. The average Bonchev–Trinajstić information content (AvgIpc) is 2.39. The summed E-state index contributed by atoms with van der Waals surface area (Å²) in [5.41, 5.74) is 1.68. The summed E-state index contributed by atoms with van der Waals surface area (Å²) in [6.07, 6.45) is 2.07. The molecule has 1 rings (SSSR count). The van der Waals surface area contributed by atoms with E-state index in [1.54, 1.807) is 6.07 Å². The van der Waals surface area contributed by atoms with Crippen molar-refractivity contribution in [2.75, 3.05) is 18.1 Å². The predicted octanol–water partition coefficient (Wildman–Crippen LogP) is 2.55. The van der Waals surface area contributed by atoms with E-state index in [-0.39, 0.29) is 6.61 Å². The Balaban J connectivity index is 3.00. The van der Waals surface area contributed by atoms with E-state index in [0.717, 1.165) is 18.5 Å². The van der Waals surface area contributed by atoms with Gasteiger partial charge >= 0.3 is 0 Å². The van der Waals surface area contributed by atoms with Gasteiger partial charge in [0.1, 0.15) is 0 Å². The normalized spacial score (nSPS) is 10.3. The van der Waals surface area contributed by atoms with Crippen molar-refractivity contribution < 1.29 is 5.11 Å². The molecule has 17 heavy (non-hydrogen) atoms. The minimum atomic E-state index is 0.132. The van der Waals surface area contributed by atoms with Gasteiger partial charge in [-0.15, -0.1) is 0 Å². The Morgan fingerprint density at radius 3 is 2.59 bits per heavy atom. The van der Waals surface area contributed by atoms with Crippen molar-refractivity contribution in [3.8, 4) is 6.07 Å². The van der Waals surface area contributed by atoms with Crippen LogP contribution in [-0.2, 0) is 0 Å². The van der Waals surface area contributed by atoms with Gasteiger partial charge in [-0.3, -0.25) is 0 Å². The van der Waals surface area contributed by atoms with Crippen molar-refractivity contribution in [3.63, 3.8) is 0 Å². The zero-order chi connectivity index (χ0) is 12.7. The highest BCUT2D eigenvalue weighted by atomic mass is 16.3. The quantitative estimate of drug-likeness (QED) is 0.820. The summed E-state index contributed by atoms with van der Waals surface area (Å²) in [5, 5.41) is 18.1. The molecule has 1 aromatic rings. The molecule has 0 radical (unpaired) electrons. The van der Waals surface area contributed by atoms with Crippen LogP contribution in [-0.4, -0.2) is 24.3 Å². The third kappa shape index (κ3) is 3.47. The first-order chi connectivity index (χ1) is 8.26. The van der Waals surface area contributed by atoms with E-state index in [1.807, 2.05) is 18.2 Å². The molecule has 0 saturated heterocycles. The van der Waals surface area contributed by atoms with Crippen LogP contribution in [0.4, 0.5) is 5.69 Å². The second kappa shape index (κ2) is 6.93. The van der Waals surface area contributed by atoms with Gasteiger partial charge in [-0.25, -0.2) is 0 Å². The van der Waals surface area contributed by atoms with Crippen molar-refractivity contribution in [1.29, 1.82) is 5.26 Å². The molecule has 0 aliphatic rings. The summed E-state index contributed by atoms with van der Waals surface area (Å²) in [7, 11) is 0. The molecule has 0 unspecified atom stereocenters. The number of anilines is 1. The Hall–Kier alpha value is -1.53. The average molecular weight is 232 g/mol. The summed E-state index contributed by atoms with van der Waals surface area (Å²) in [6.45, 7) is 5.04. The Morgan fingerprint density at radius 2 is 2.06 bits per heavy atom. The van der Waals surface area contributed by atoms with E-state index in [1.165, 1.54) is 0 Å². The Morgan fingerprint density at radius 1 is 1.35 bits per heavy atom. The second-order valence-electron chi connectivity index (χ2n) is 4.05. The molecule has 0 saturated carbocycles. The summed E-state index contributed by atoms with van der Waals surface area (Å²) in [5.74, 6) is 0. The van der Waals surface area contributed by atoms with Crippen molar-refractivity contribution in [3.05, 3.63) is 29.8 Å². The Kier molecular flexibility index (Phi) is 5.51. The maximum absolute atomic E-state index is 9.16. The van der Waals surface area contributed by atoms with Gasteiger partial charge in [0.2, 0.25) is 0 Å². The third-order valence-corrected chi connectivity index (χ3v) is 3.03. The van der Waals surface area contributed by atoms with E-state index in [0.29, 0.717) is 18.2 Å². The van der Waals surface area contributed by atoms with Gasteiger partial charge in [-0.05, 0) is 31.0 Å². The summed E-state index contributed by atoms with van der Waals surface area (Å²) in [6, 6.07) is 10.1. The van der Waals surface area contributed by atoms with Gasteiger partial charge < -0.3 is 10.0 Å². The molecule has 0 aliphatic heterocycles. The molecule has 3 heteroatoms. The number of benzene rings is 1. The highest BCUT2D eigenvalue weighted by Gasteiger charge is 2.15. The fourth-order valence-electron chi connectivity index (χ4n) is 2.11. The van der Waals surface area contributed by atoms with E-state index >= 15 is 0 Å². The SMILES string of the molecule is CCC(CC)N(CCO)c1cccc(C#N)c1. The molecule has 0 aromatic heterocycles. The van der Waals surface area contributed by atoms with E-state index in [4.69, 9.17) is 10.4 Å². The molecule has 0 atom stereocenters. The number of rotatable bonds is 6. The fourth-order valence-corrected chi connectivity index (χ4v) is 2.11. The van der Waals surface area contributed by atoms with Gasteiger partial charge in [0, 0.05) is 18.3 Å². The molecule has 0 heterocycles. The van der Waals surface area contributed by atoms with Crippen molar-refractivity contribution in [2.45, 2.75) is 32.7 Å². The molecular weight excluding hydrogens is 212 g/mol. The minimum absolute atomic E-state index is 0.132. The lowest BCUT2D eigenvalue weighted by atomic mass is 10.1. The van der Waals surface area contributed by atoms with Crippen LogP contribution in [0.5, 0.6) is 0 Å². The van der Waals surface area contributed by atoms with Crippen LogP contribution < -0.4 is 4.90 Å². The molecule has 0 spiro atoms. The van der Waals surface area contributed by atoms with Crippen LogP contribution in [0.2, 0.25) is 0 Å². The molecular formula is C14H20N2O. The molecule has 0 fully saturated rings. The lowest BCUT2D eigenvalue weighted by Gasteiger charge is -2.32. The van der Waals surface area contributed by atoms with Crippen molar-refractivity contribution >= 4 is 5.69 Å². The molecule has 1 N–H and O–H groups in total. The van der Waals surface area contributed by atoms with Crippen LogP contribution >= 0.6 is 0 Å². The number of hydrogen-bond donors (Lipinski definition) is 1. The molecule has 3 nitrogen and oxygen atoms in total. The molecule has 0 amide bonds. The highest BCUT2D eigenvalue weighted by molar-refractivity contribution is 5.52. The van der Waals surface area contributed by atoms with E-state index < -0.39 is 0 Å². The first-order valence-corrected chi connectivity index (χ1v) is 6.14. The van der Waals surface area contributed by atoms with Crippen LogP contribution in [0, 0.1) is 11.3 Å². The Labute approximate surface area is 103 Å². The van der Waals surface area contributed by atoms with Gasteiger partial charge in [0.25, 0.3) is 0 Å². The monoisotopic (exact) mass is 232 g/mol. The summed E-state index contributed by atoms with van der Waals surface area (Å²) >= 11 is 0. The zero-order valence-electron chi connectivity index (χ0n) is 10.6. The first kappa shape index (κ1) is 13.5. The highest BCUT2D eigenvalue weighted by Crippen LogP contribution is 2.21. The smallest absolute Gasteiger partial charge is 0.0992 e. The van der Waals surface area contributed by atoms with E-state index in [2.05, 4.69) is 24.8 Å². The number of nitriles is 1. The fraction of sp³-hybridized carbons (Fsp3) is 0.500. The third-order valence-electron chi connectivity index (χ3n) is 3.03. The maximum Gasteiger partial charge on any atom is 0.0992 e. The number of hydrogen-bond acceptors (Lipinski definition) is 3. The zero-order valence-corrected chi connectivity index (χ0v) is 10.6. The number of aliphatic hydroxyl groups excluding tert-OH is 1. The lowest BCUT2D eigenvalue weighted by Crippen LogP contribution is -2.36. The van der Waals surface area contributed by atoms with Crippen molar-refractivity contribution in [2.24, 2.45) is 0 Å². The topological polar surface area (TPSA) is 47.3 Å². The predicted molar refractivity (Wildman–Crippen MR) is 70.0 cm³/mol. The number of nitrogens with zero attached hydrogens (tertiary/aromatic N) is 2. The van der Waals surface area contributed by atoms with Crippen LogP contribution in [0.3, 0.4) is 0 Å². The molecule has 0 bridgehead atoms. The largest absolute Gasteiger partial charge is 0.395 e. The van der Waals surface area contributed by atoms with Gasteiger partial charge in [-0.1, -0.05) is 19.9 Å². The maximum atomic E-state index is 9.16. The first-order valence-electron chi connectivity index (χ1n) is 6.14. The van der Waals surface area contributed by atoms with Crippen LogP contribution in [0.1, 0.15) is 32.3 Å².